The Morgan fingerprint density at radius 1 is 1.44 bits per heavy atom. The predicted octanol–water partition coefficient (Wildman–Crippen LogP) is 3.72. The van der Waals surface area contributed by atoms with Crippen molar-refractivity contribution < 1.29 is 0 Å². The van der Waals surface area contributed by atoms with Crippen LogP contribution in [0.5, 0.6) is 0 Å². The molecule has 0 bridgehead atoms. The van der Waals surface area contributed by atoms with Crippen molar-refractivity contribution in [2.24, 2.45) is 0 Å². The lowest BCUT2D eigenvalue weighted by atomic mass is 10.3. The van der Waals surface area contributed by atoms with E-state index in [2.05, 4.69) is 22.1 Å². The molecule has 0 atom stereocenters. The van der Waals surface area contributed by atoms with Crippen LogP contribution < -0.4 is 0 Å². The quantitative estimate of drug-likeness (QED) is 0.801. The van der Waals surface area contributed by atoms with E-state index < -0.39 is 0 Å². The fraction of sp³-hybridized carbons (Fsp3) is 0.200. The van der Waals surface area contributed by atoms with E-state index in [4.69, 9.17) is 16.9 Å². The van der Waals surface area contributed by atoms with E-state index in [1.165, 1.54) is 29.3 Å². The Morgan fingerprint density at radius 3 is 2.89 bits per heavy atom. The molecule has 2 aromatic heterocycles. The first kappa shape index (κ1) is 13.6. The number of rotatable bonds is 4. The number of nitriles is 1. The highest BCUT2D eigenvalue weighted by Crippen LogP contribution is 2.35. The molecule has 18 heavy (non-hydrogen) atoms. The lowest BCUT2D eigenvalue weighted by molar-refractivity contribution is 0.952. The van der Waals surface area contributed by atoms with Crippen LogP contribution in [0.25, 0.3) is 0 Å². The second-order valence-corrected chi connectivity index (χ2v) is 7.12. The minimum absolute atomic E-state index is 0.448. The minimum atomic E-state index is 0.448. The molecule has 92 valence electrons. The van der Waals surface area contributed by atoms with Gasteiger partial charge in [-0.05, 0) is 23.6 Å². The Hall–Kier alpha value is -0.810. The van der Waals surface area contributed by atoms with Crippen molar-refractivity contribution in [1.82, 2.24) is 15.2 Å². The largest absolute Gasteiger partial charge is 0.247 e. The second-order valence-electron chi connectivity index (χ2n) is 2.99. The van der Waals surface area contributed by atoms with Gasteiger partial charge in [-0.1, -0.05) is 41.6 Å². The average molecular weight is 315 g/mol. The third kappa shape index (κ3) is 3.36. The monoisotopic (exact) mass is 314 g/mol. The van der Waals surface area contributed by atoms with E-state index in [0.29, 0.717) is 15.6 Å². The molecule has 0 radical (unpaired) electrons. The van der Waals surface area contributed by atoms with Gasteiger partial charge in [0.25, 0.3) is 0 Å². The molecule has 2 aromatic rings. The van der Waals surface area contributed by atoms with Gasteiger partial charge >= 0.3 is 0 Å². The standard InChI is InChI=1S/C10H7ClN4S3/c1-2-16-9-14-15-10(18-9)17-8-7(11)3-6(4-12)5-13-8/h3,5H,2H2,1H3. The predicted molar refractivity (Wildman–Crippen MR) is 74.4 cm³/mol. The van der Waals surface area contributed by atoms with Crippen molar-refractivity contribution in [1.29, 1.82) is 5.26 Å². The maximum Gasteiger partial charge on any atom is 0.181 e. The SMILES string of the molecule is CCSc1nnc(Sc2ncc(C#N)cc2Cl)s1. The molecule has 2 rings (SSSR count). The molecule has 0 fully saturated rings. The van der Waals surface area contributed by atoms with Gasteiger partial charge in [0.15, 0.2) is 8.68 Å². The maximum atomic E-state index is 8.73. The van der Waals surface area contributed by atoms with Crippen molar-refractivity contribution in [2.45, 2.75) is 20.6 Å². The maximum absolute atomic E-state index is 8.73. The number of halogens is 1. The topological polar surface area (TPSA) is 62.5 Å². The Labute approximate surface area is 122 Å². The smallest absolute Gasteiger partial charge is 0.181 e. The van der Waals surface area contributed by atoms with Crippen LogP contribution in [0.1, 0.15) is 12.5 Å². The summed E-state index contributed by atoms with van der Waals surface area (Å²) in [4.78, 5) is 4.14. The van der Waals surface area contributed by atoms with Gasteiger partial charge in [0.1, 0.15) is 11.1 Å². The average Bonchev–Trinajstić information content (AvgIpc) is 2.80. The van der Waals surface area contributed by atoms with Crippen LogP contribution in [0.4, 0.5) is 0 Å². The molecular formula is C10H7ClN4S3. The van der Waals surface area contributed by atoms with Crippen LogP contribution in [0.3, 0.4) is 0 Å². The highest BCUT2D eigenvalue weighted by molar-refractivity contribution is 8.03. The summed E-state index contributed by atoms with van der Waals surface area (Å²) in [7, 11) is 0. The fourth-order valence-electron chi connectivity index (χ4n) is 1.06. The Kier molecular flexibility index (Phi) is 4.83. The molecule has 0 N–H and O–H groups in total. The molecule has 0 saturated heterocycles. The molecule has 0 aromatic carbocycles. The molecule has 0 saturated carbocycles. The van der Waals surface area contributed by atoms with Gasteiger partial charge in [0.05, 0.1) is 10.6 Å². The summed E-state index contributed by atoms with van der Waals surface area (Å²) in [5.41, 5.74) is 0.448. The van der Waals surface area contributed by atoms with Gasteiger partial charge in [0, 0.05) is 6.20 Å². The van der Waals surface area contributed by atoms with E-state index in [0.717, 1.165) is 14.4 Å². The Balaban J connectivity index is 2.15. The molecule has 0 unspecified atom stereocenters. The summed E-state index contributed by atoms with van der Waals surface area (Å²) >= 11 is 10.6. The van der Waals surface area contributed by atoms with Gasteiger partial charge < -0.3 is 0 Å². The molecular weight excluding hydrogens is 308 g/mol. The zero-order valence-corrected chi connectivity index (χ0v) is 12.5. The highest BCUT2D eigenvalue weighted by atomic mass is 35.5. The highest BCUT2D eigenvalue weighted by Gasteiger charge is 2.10. The third-order valence-corrected chi connectivity index (χ3v) is 5.18. The van der Waals surface area contributed by atoms with Crippen molar-refractivity contribution >= 4 is 46.5 Å². The van der Waals surface area contributed by atoms with Gasteiger partial charge in [-0.3, -0.25) is 0 Å². The Bertz CT molecular complexity index is 593. The molecule has 0 aliphatic heterocycles. The number of hydrogen-bond donors (Lipinski definition) is 0. The van der Waals surface area contributed by atoms with Crippen LogP contribution in [0, 0.1) is 11.3 Å². The zero-order valence-electron chi connectivity index (χ0n) is 9.25. The van der Waals surface area contributed by atoms with Crippen LogP contribution in [0.2, 0.25) is 5.02 Å². The number of hydrogen-bond acceptors (Lipinski definition) is 7. The van der Waals surface area contributed by atoms with E-state index in [9.17, 15) is 0 Å². The molecule has 0 aliphatic carbocycles. The normalized spacial score (nSPS) is 10.3. The van der Waals surface area contributed by atoms with Gasteiger partial charge in [-0.2, -0.15) is 5.26 Å². The number of thioether (sulfide) groups is 1. The summed E-state index contributed by atoms with van der Waals surface area (Å²) in [6.07, 6.45) is 1.50. The molecule has 0 amide bonds. The van der Waals surface area contributed by atoms with Gasteiger partial charge in [0.2, 0.25) is 0 Å². The van der Waals surface area contributed by atoms with Crippen molar-refractivity contribution in [3.63, 3.8) is 0 Å². The van der Waals surface area contributed by atoms with E-state index in [1.54, 1.807) is 17.8 Å². The van der Waals surface area contributed by atoms with Crippen LogP contribution >= 0.6 is 46.5 Å². The van der Waals surface area contributed by atoms with Crippen molar-refractivity contribution in [3.8, 4) is 6.07 Å². The molecule has 0 aliphatic rings. The van der Waals surface area contributed by atoms with E-state index >= 15 is 0 Å². The molecule has 4 nitrogen and oxygen atoms in total. The summed E-state index contributed by atoms with van der Waals surface area (Å²) in [6.45, 7) is 2.07. The summed E-state index contributed by atoms with van der Waals surface area (Å²) < 4.78 is 1.73. The second kappa shape index (κ2) is 6.38. The van der Waals surface area contributed by atoms with Crippen LogP contribution in [0.15, 0.2) is 26.0 Å². The summed E-state index contributed by atoms with van der Waals surface area (Å²) in [6, 6.07) is 3.59. The number of pyridine rings is 1. The lowest BCUT2D eigenvalue weighted by Crippen LogP contribution is -1.84. The number of nitrogens with zero attached hydrogens (tertiary/aromatic N) is 4. The van der Waals surface area contributed by atoms with Crippen molar-refractivity contribution in [2.75, 3.05) is 5.75 Å². The molecule has 0 spiro atoms. The molecule has 2 heterocycles. The van der Waals surface area contributed by atoms with Crippen molar-refractivity contribution in [3.05, 3.63) is 22.8 Å². The number of aromatic nitrogens is 3. The van der Waals surface area contributed by atoms with E-state index in [1.807, 2.05) is 6.07 Å². The summed E-state index contributed by atoms with van der Waals surface area (Å²) in [5, 5.41) is 17.9. The first-order chi connectivity index (χ1) is 8.72. The van der Waals surface area contributed by atoms with Crippen LogP contribution in [-0.2, 0) is 0 Å². The first-order valence-corrected chi connectivity index (χ1v) is 7.92. The lowest BCUT2D eigenvalue weighted by Gasteiger charge is -1.99. The third-order valence-electron chi connectivity index (χ3n) is 1.78. The van der Waals surface area contributed by atoms with Gasteiger partial charge in [-0.15, -0.1) is 10.2 Å². The molecule has 8 heteroatoms. The van der Waals surface area contributed by atoms with Gasteiger partial charge in [-0.25, -0.2) is 4.98 Å². The fourth-order valence-corrected chi connectivity index (χ4v) is 4.14. The first-order valence-electron chi connectivity index (χ1n) is 4.92. The zero-order chi connectivity index (χ0) is 13.0. The van der Waals surface area contributed by atoms with E-state index in [-0.39, 0.29) is 0 Å². The summed E-state index contributed by atoms with van der Waals surface area (Å²) in [5.74, 6) is 0.967. The van der Waals surface area contributed by atoms with Crippen LogP contribution in [-0.4, -0.2) is 20.9 Å². The minimum Gasteiger partial charge on any atom is -0.247 e. The Morgan fingerprint density at radius 2 is 2.22 bits per heavy atom.